The average molecular weight is 474 g/mol. The topological polar surface area (TPSA) is 72.7 Å². The van der Waals surface area contributed by atoms with Gasteiger partial charge in [0.1, 0.15) is 0 Å². The largest absolute Gasteiger partial charge is 0.324 e. The number of pyridine rings is 1. The maximum atomic E-state index is 12.7. The summed E-state index contributed by atoms with van der Waals surface area (Å²) in [5, 5.41) is 12.5. The summed E-state index contributed by atoms with van der Waals surface area (Å²) in [6.07, 6.45) is 5.34. The Bertz CT molecular complexity index is 1210. The molecule has 0 saturated carbocycles. The first-order valence-electron chi connectivity index (χ1n) is 10.4. The summed E-state index contributed by atoms with van der Waals surface area (Å²) < 4.78 is 2.03. The van der Waals surface area contributed by atoms with E-state index in [9.17, 15) is 4.79 Å². The van der Waals surface area contributed by atoms with Crippen molar-refractivity contribution < 1.29 is 4.79 Å². The lowest BCUT2D eigenvalue weighted by Gasteiger charge is -2.11. The number of hydrogen-bond donors (Lipinski definition) is 1. The van der Waals surface area contributed by atoms with Crippen LogP contribution >= 0.6 is 23.5 Å². The van der Waals surface area contributed by atoms with Crippen molar-refractivity contribution in [3.63, 3.8) is 0 Å². The first-order chi connectivity index (χ1) is 16.2. The summed E-state index contributed by atoms with van der Waals surface area (Å²) in [5.41, 5.74) is 2.81. The molecule has 1 N–H and O–H groups in total. The van der Waals surface area contributed by atoms with Crippen LogP contribution in [0.5, 0.6) is 0 Å². The molecule has 6 nitrogen and oxygen atoms in total. The molecule has 0 fully saturated rings. The summed E-state index contributed by atoms with van der Waals surface area (Å²) in [6, 6.07) is 21.7. The van der Waals surface area contributed by atoms with E-state index in [1.54, 1.807) is 24.2 Å². The fraction of sp³-hybridized carbons (Fsp3) is 0.120. The molecule has 2 aromatic heterocycles. The molecule has 2 heterocycles. The highest BCUT2D eigenvalue weighted by atomic mass is 32.2. The zero-order valence-corrected chi connectivity index (χ0v) is 19.6. The summed E-state index contributed by atoms with van der Waals surface area (Å²) in [4.78, 5) is 18.0. The minimum Gasteiger partial charge on any atom is -0.324 e. The van der Waals surface area contributed by atoms with Crippen molar-refractivity contribution in [1.29, 1.82) is 0 Å². The lowest BCUT2D eigenvalue weighted by molar-refractivity contribution is -0.113. The molecule has 0 unspecified atom stereocenters. The number of amides is 1. The summed E-state index contributed by atoms with van der Waals surface area (Å²) in [6.45, 7) is 4.36. The Kier molecular flexibility index (Phi) is 7.94. The third-order valence-corrected chi connectivity index (χ3v) is 6.71. The van der Waals surface area contributed by atoms with Gasteiger partial charge in [-0.1, -0.05) is 60.3 Å². The van der Waals surface area contributed by atoms with Crippen LogP contribution in [0.15, 0.2) is 102 Å². The van der Waals surface area contributed by atoms with Crippen LogP contribution in [0.25, 0.3) is 11.4 Å². The van der Waals surface area contributed by atoms with Gasteiger partial charge in [0.2, 0.25) is 5.91 Å². The van der Waals surface area contributed by atoms with Crippen LogP contribution in [-0.4, -0.2) is 37.2 Å². The minimum atomic E-state index is -0.0937. The number of hydrogen-bond acceptors (Lipinski definition) is 6. The van der Waals surface area contributed by atoms with Gasteiger partial charge in [0.05, 0.1) is 18.0 Å². The van der Waals surface area contributed by atoms with Gasteiger partial charge in [0.25, 0.3) is 0 Å². The number of anilines is 1. The Morgan fingerprint density at radius 3 is 2.61 bits per heavy atom. The highest BCUT2D eigenvalue weighted by Crippen LogP contribution is 2.28. The number of nitrogens with one attached hydrogen (secondary N) is 1. The fourth-order valence-corrected chi connectivity index (χ4v) is 4.66. The SMILES string of the molecule is C=CCSc1ccccc1NC(=O)CSc1nnc(-c2cccnc2)n1Cc1ccccc1. The number of aromatic nitrogens is 4. The second-order valence-electron chi connectivity index (χ2n) is 7.05. The average Bonchev–Trinajstić information content (AvgIpc) is 3.25. The molecule has 0 spiro atoms. The molecule has 2 aromatic carbocycles. The molecule has 8 heteroatoms. The number of carbonyl (C=O) groups excluding carboxylic acids is 1. The summed E-state index contributed by atoms with van der Waals surface area (Å²) in [7, 11) is 0. The first kappa shape index (κ1) is 22.8. The van der Waals surface area contributed by atoms with E-state index in [1.807, 2.05) is 65.2 Å². The van der Waals surface area contributed by atoms with Crippen LogP contribution in [0.1, 0.15) is 5.56 Å². The van der Waals surface area contributed by atoms with Gasteiger partial charge in [-0.25, -0.2) is 0 Å². The quantitative estimate of drug-likeness (QED) is 0.246. The second kappa shape index (κ2) is 11.5. The fourth-order valence-electron chi connectivity index (χ4n) is 3.17. The predicted molar refractivity (Wildman–Crippen MR) is 136 cm³/mol. The van der Waals surface area contributed by atoms with Crippen molar-refractivity contribution in [2.45, 2.75) is 16.6 Å². The molecule has 1 amide bonds. The van der Waals surface area contributed by atoms with Crippen LogP contribution < -0.4 is 5.32 Å². The third kappa shape index (κ3) is 6.12. The van der Waals surface area contributed by atoms with Crippen molar-refractivity contribution >= 4 is 35.1 Å². The molecular weight excluding hydrogens is 450 g/mol. The van der Waals surface area contributed by atoms with E-state index in [0.29, 0.717) is 11.7 Å². The standard InChI is InChI=1S/C25H23N5OS2/c1-2-15-32-22-13-7-6-12-21(22)27-23(31)18-33-25-29-28-24(20-11-8-14-26-16-20)30(25)17-19-9-4-3-5-10-19/h2-14,16H,1,15,17-18H2,(H,27,31). The van der Waals surface area contributed by atoms with Crippen LogP contribution in [0.2, 0.25) is 0 Å². The van der Waals surface area contributed by atoms with E-state index in [0.717, 1.165) is 33.3 Å². The second-order valence-corrected chi connectivity index (χ2v) is 9.06. The monoisotopic (exact) mass is 473 g/mol. The smallest absolute Gasteiger partial charge is 0.234 e. The van der Waals surface area contributed by atoms with Gasteiger partial charge in [-0.15, -0.1) is 28.5 Å². The van der Waals surface area contributed by atoms with Crippen LogP contribution in [-0.2, 0) is 11.3 Å². The highest BCUT2D eigenvalue weighted by molar-refractivity contribution is 8.00. The predicted octanol–water partition coefficient (Wildman–Crippen LogP) is 5.40. The molecule has 0 aliphatic carbocycles. The molecule has 0 aliphatic rings. The number of para-hydroxylation sites is 1. The van der Waals surface area contributed by atoms with Gasteiger partial charge < -0.3 is 5.32 Å². The van der Waals surface area contributed by atoms with Crippen LogP contribution in [0, 0.1) is 0 Å². The zero-order valence-electron chi connectivity index (χ0n) is 17.9. The number of nitrogens with zero attached hydrogens (tertiary/aromatic N) is 4. The Morgan fingerprint density at radius 1 is 1.00 bits per heavy atom. The van der Waals surface area contributed by atoms with Crippen molar-refractivity contribution in [3.05, 3.63) is 97.3 Å². The number of carbonyl (C=O) groups is 1. The highest BCUT2D eigenvalue weighted by Gasteiger charge is 2.17. The first-order valence-corrected chi connectivity index (χ1v) is 12.3. The number of benzene rings is 2. The number of thioether (sulfide) groups is 2. The maximum absolute atomic E-state index is 12.7. The van der Waals surface area contributed by atoms with E-state index in [-0.39, 0.29) is 11.7 Å². The van der Waals surface area contributed by atoms with E-state index >= 15 is 0 Å². The van der Waals surface area contributed by atoms with Crippen LogP contribution in [0.3, 0.4) is 0 Å². The molecule has 0 radical (unpaired) electrons. The maximum Gasteiger partial charge on any atom is 0.234 e. The van der Waals surface area contributed by atoms with Gasteiger partial charge in [0.15, 0.2) is 11.0 Å². The number of rotatable bonds is 10. The Balaban J connectivity index is 1.50. The molecule has 0 atom stereocenters. The van der Waals surface area contributed by atoms with E-state index in [1.165, 1.54) is 11.8 Å². The molecule has 166 valence electrons. The molecule has 0 saturated heterocycles. The summed E-state index contributed by atoms with van der Waals surface area (Å²) in [5.74, 6) is 1.63. The van der Waals surface area contributed by atoms with E-state index in [2.05, 4.69) is 39.2 Å². The van der Waals surface area contributed by atoms with Gasteiger partial charge >= 0.3 is 0 Å². The van der Waals surface area contributed by atoms with Crippen LogP contribution in [0.4, 0.5) is 5.69 Å². The molecule has 0 aliphatic heterocycles. The van der Waals surface area contributed by atoms with Crippen molar-refractivity contribution in [1.82, 2.24) is 19.7 Å². The van der Waals surface area contributed by atoms with Crippen molar-refractivity contribution in [3.8, 4) is 11.4 Å². The summed E-state index contributed by atoms with van der Waals surface area (Å²) >= 11 is 3.00. The van der Waals surface area contributed by atoms with Crippen molar-refractivity contribution in [2.24, 2.45) is 0 Å². The Hall–Kier alpha value is -3.36. The zero-order chi connectivity index (χ0) is 22.9. The van der Waals surface area contributed by atoms with E-state index < -0.39 is 0 Å². The minimum absolute atomic E-state index is 0.0937. The molecule has 4 aromatic rings. The molecular formula is C25H23N5OS2. The van der Waals surface area contributed by atoms with E-state index in [4.69, 9.17) is 0 Å². The lowest BCUT2D eigenvalue weighted by atomic mass is 10.2. The van der Waals surface area contributed by atoms with Gasteiger partial charge in [-0.05, 0) is 29.8 Å². The molecule has 4 rings (SSSR count). The van der Waals surface area contributed by atoms with Gasteiger partial charge in [-0.3, -0.25) is 14.3 Å². The molecule has 0 bridgehead atoms. The Labute approximate surface area is 201 Å². The molecule has 33 heavy (non-hydrogen) atoms. The van der Waals surface area contributed by atoms with Gasteiger partial charge in [-0.2, -0.15) is 0 Å². The Morgan fingerprint density at radius 2 is 1.82 bits per heavy atom. The lowest BCUT2D eigenvalue weighted by Crippen LogP contribution is -2.15. The van der Waals surface area contributed by atoms with Gasteiger partial charge in [0, 0.05) is 28.6 Å². The normalized spacial score (nSPS) is 10.7. The van der Waals surface area contributed by atoms with Crippen molar-refractivity contribution in [2.75, 3.05) is 16.8 Å². The third-order valence-electron chi connectivity index (χ3n) is 4.67.